The van der Waals surface area contributed by atoms with Crippen LogP contribution in [0.25, 0.3) is 0 Å². The van der Waals surface area contributed by atoms with Crippen molar-refractivity contribution in [2.75, 3.05) is 10.7 Å². The number of benzene rings is 3. The summed E-state index contributed by atoms with van der Waals surface area (Å²) in [6.45, 7) is 7.97. The summed E-state index contributed by atoms with van der Waals surface area (Å²) >= 11 is 1.31. The van der Waals surface area contributed by atoms with E-state index in [1.54, 1.807) is 41.3 Å². The topological polar surface area (TPSA) is 72.9 Å². The van der Waals surface area contributed by atoms with Gasteiger partial charge in [0.25, 0.3) is 0 Å². The van der Waals surface area contributed by atoms with E-state index in [1.165, 1.54) is 35.9 Å². The van der Waals surface area contributed by atoms with Gasteiger partial charge in [-0.1, -0.05) is 76.9 Å². The molecule has 1 aliphatic heterocycles. The molecule has 3 aromatic rings. The number of unbranched alkanes of at least 4 members (excludes halogenated alkanes) is 2. The van der Waals surface area contributed by atoms with Crippen LogP contribution in [0.5, 0.6) is 5.75 Å². The molecule has 42 heavy (non-hydrogen) atoms. The van der Waals surface area contributed by atoms with Crippen LogP contribution in [0.4, 0.5) is 10.1 Å². The van der Waals surface area contributed by atoms with Gasteiger partial charge in [-0.25, -0.2) is 9.18 Å². The van der Waals surface area contributed by atoms with Crippen molar-refractivity contribution in [1.29, 1.82) is 0 Å². The highest BCUT2D eigenvalue weighted by Gasteiger charge is 2.49. The molecule has 0 spiro atoms. The van der Waals surface area contributed by atoms with Crippen molar-refractivity contribution in [3.05, 3.63) is 95.3 Å². The Bertz CT molecular complexity index is 1370. The van der Waals surface area contributed by atoms with Crippen LogP contribution in [-0.2, 0) is 20.9 Å². The second kappa shape index (κ2) is 14.0. The van der Waals surface area contributed by atoms with E-state index >= 15 is 0 Å². The Kier molecular flexibility index (Phi) is 10.4. The van der Waals surface area contributed by atoms with Crippen molar-refractivity contribution in [3.8, 4) is 5.75 Å². The van der Waals surface area contributed by atoms with Crippen LogP contribution >= 0.6 is 11.8 Å². The predicted octanol–water partition coefficient (Wildman–Crippen LogP) is 7.90. The zero-order chi connectivity index (χ0) is 30.3. The molecule has 0 N–H and O–H groups in total. The first-order valence-corrected chi connectivity index (χ1v) is 15.4. The number of anilines is 1. The average Bonchev–Trinajstić information content (AvgIpc) is 2.95. The molecule has 1 heterocycles. The highest BCUT2D eigenvalue weighted by atomic mass is 32.2. The molecule has 222 valence electrons. The third-order valence-electron chi connectivity index (χ3n) is 7.02. The third kappa shape index (κ3) is 8.22. The summed E-state index contributed by atoms with van der Waals surface area (Å²) in [7, 11) is 0. The lowest BCUT2D eigenvalue weighted by molar-refractivity contribution is -0.215. The minimum absolute atomic E-state index is 0.0345. The number of halogens is 1. The number of hydrogen-bond donors (Lipinski definition) is 0. The largest absolute Gasteiger partial charge is 0.355 e. The number of carbonyl (C=O) groups excluding carboxylic acids is 3. The van der Waals surface area contributed by atoms with Crippen molar-refractivity contribution in [2.45, 2.75) is 71.1 Å². The molecule has 1 aliphatic rings. The van der Waals surface area contributed by atoms with Gasteiger partial charge >= 0.3 is 5.97 Å². The van der Waals surface area contributed by atoms with Gasteiger partial charge in [0.1, 0.15) is 11.1 Å². The number of thioether (sulfide) groups is 1. The summed E-state index contributed by atoms with van der Waals surface area (Å²) < 4.78 is 13.6. The third-order valence-corrected chi connectivity index (χ3v) is 8.26. The molecule has 2 atom stereocenters. The van der Waals surface area contributed by atoms with Crippen LogP contribution in [0.2, 0.25) is 0 Å². The fourth-order valence-corrected chi connectivity index (χ4v) is 6.02. The highest BCUT2D eigenvalue weighted by Crippen LogP contribution is 2.45. The van der Waals surface area contributed by atoms with Gasteiger partial charge in [-0.15, -0.1) is 11.8 Å². The van der Waals surface area contributed by atoms with E-state index in [4.69, 9.17) is 9.78 Å². The number of aryl methyl sites for hydroxylation is 1. The van der Waals surface area contributed by atoms with Crippen molar-refractivity contribution < 1.29 is 28.5 Å². The molecule has 0 bridgehead atoms. The first-order valence-electron chi connectivity index (χ1n) is 14.4. The molecule has 0 aromatic heterocycles. The van der Waals surface area contributed by atoms with E-state index in [9.17, 15) is 18.8 Å². The van der Waals surface area contributed by atoms with Crippen LogP contribution in [0.1, 0.15) is 80.9 Å². The van der Waals surface area contributed by atoms with E-state index < -0.39 is 17.0 Å². The summed E-state index contributed by atoms with van der Waals surface area (Å²) in [6, 6.07) is 20.1. The number of hydrogen-bond acceptors (Lipinski definition) is 6. The van der Waals surface area contributed by atoms with Gasteiger partial charge < -0.3 is 4.90 Å². The lowest BCUT2D eigenvalue weighted by atomic mass is 9.92. The summed E-state index contributed by atoms with van der Waals surface area (Å²) in [6.07, 6.45) is 4.69. The quantitative estimate of drug-likeness (QED) is 0.0661. The number of nitrogens with zero attached hydrogens (tertiary/aromatic N) is 1. The van der Waals surface area contributed by atoms with Crippen LogP contribution in [-0.4, -0.2) is 28.7 Å². The van der Waals surface area contributed by atoms with Gasteiger partial charge in [0.05, 0.1) is 18.2 Å². The molecule has 6 nitrogen and oxygen atoms in total. The van der Waals surface area contributed by atoms with Crippen LogP contribution in [0, 0.1) is 11.2 Å². The summed E-state index contributed by atoms with van der Waals surface area (Å²) in [5.41, 5.74) is 3.01. The number of Topliss-reactive ketones (excluding diaryl/α,β-unsaturated/α-hetero) is 1. The van der Waals surface area contributed by atoms with E-state index in [-0.39, 0.29) is 35.3 Å². The Morgan fingerprint density at radius 1 is 0.929 bits per heavy atom. The van der Waals surface area contributed by atoms with Crippen molar-refractivity contribution in [3.63, 3.8) is 0 Å². The number of rotatable bonds is 13. The Morgan fingerprint density at radius 2 is 1.60 bits per heavy atom. The standard InChI is InChI=1S/C34H38FNO5S/c1-5-6-7-8-23-9-11-24(12-10-23)29(37)22-42-32-31(36(33(32)39)27-17-15-26(35)16-18-27)25-13-19-28(20-14-25)40-41-30(38)21-34(2,3)4/h9-20,31-32H,5-8,21-22H2,1-4H3/t31-,32-/m1/s1. The van der Waals surface area contributed by atoms with Gasteiger partial charge in [-0.2, -0.15) is 0 Å². The minimum Gasteiger partial charge on any atom is -0.302 e. The van der Waals surface area contributed by atoms with Gasteiger partial charge in [0.15, 0.2) is 11.5 Å². The fraction of sp³-hybridized carbons (Fsp3) is 0.382. The smallest absolute Gasteiger partial charge is 0.302 e. The lowest BCUT2D eigenvalue weighted by Crippen LogP contribution is -2.57. The van der Waals surface area contributed by atoms with Gasteiger partial charge in [0.2, 0.25) is 5.91 Å². The fourth-order valence-electron chi connectivity index (χ4n) is 4.80. The maximum absolute atomic E-state index is 13.6. The second-order valence-electron chi connectivity index (χ2n) is 11.8. The van der Waals surface area contributed by atoms with E-state index in [0.717, 1.165) is 24.8 Å². The molecule has 1 saturated heterocycles. The predicted molar refractivity (Wildman–Crippen MR) is 164 cm³/mol. The van der Waals surface area contributed by atoms with Crippen molar-refractivity contribution in [1.82, 2.24) is 0 Å². The number of carbonyl (C=O) groups is 3. The van der Waals surface area contributed by atoms with Gasteiger partial charge in [-0.05, 0) is 65.8 Å². The van der Waals surface area contributed by atoms with E-state index in [2.05, 4.69) is 6.92 Å². The van der Waals surface area contributed by atoms with Crippen LogP contribution < -0.4 is 9.79 Å². The molecule has 1 amide bonds. The van der Waals surface area contributed by atoms with Crippen molar-refractivity contribution in [2.24, 2.45) is 5.41 Å². The minimum atomic E-state index is -0.497. The maximum Gasteiger partial charge on any atom is 0.355 e. The second-order valence-corrected chi connectivity index (χ2v) is 12.9. The molecular weight excluding hydrogens is 553 g/mol. The summed E-state index contributed by atoms with van der Waals surface area (Å²) in [5.74, 6) is -0.536. The zero-order valence-corrected chi connectivity index (χ0v) is 25.4. The van der Waals surface area contributed by atoms with Crippen LogP contribution in [0.15, 0.2) is 72.8 Å². The molecule has 1 fully saturated rings. The van der Waals surface area contributed by atoms with Gasteiger partial charge in [-0.3, -0.25) is 19.4 Å². The molecule has 4 rings (SSSR count). The Hall–Kier alpha value is -3.65. The first kappa shape index (κ1) is 31.3. The van der Waals surface area contributed by atoms with Crippen LogP contribution in [0.3, 0.4) is 0 Å². The number of amides is 1. The summed E-state index contributed by atoms with van der Waals surface area (Å²) in [4.78, 5) is 50.1. The van der Waals surface area contributed by atoms with Crippen molar-refractivity contribution >= 4 is 35.1 Å². The Balaban J connectivity index is 1.44. The lowest BCUT2D eigenvalue weighted by Gasteiger charge is -2.47. The molecule has 8 heteroatoms. The van der Waals surface area contributed by atoms with E-state index in [1.807, 2.05) is 45.0 Å². The maximum atomic E-state index is 13.6. The average molecular weight is 592 g/mol. The first-order chi connectivity index (χ1) is 20.1. The summed E-state index contributed by atoms with van der Waals surface area (Å²) in [5, 5.41) is -0.497. The number of ketones is 1. The number of β-lactam (4-membered cyclic amide) rings is 1. The molecule has 0 radical (unpaired) electrons. The Labute approximate surface area is 251 Å². The zero-order valence-electron chi connectivity index (χ0n) is 24.6. The molecule has 0 aliphatic carbocycles. The normalized spacial score (nSPS) is 16.6. The molecular formula is C34H38FNO5S. The highest BCUT2D eigenvalue weighted by molar-refractivity contribution is 8.01. The van der Waals surface area contributed by atoms with Gasteiger partial charge in [0, 0.05) is 11.3 Å². The van der Waals surface area contributed by atoms with E-state index in [0.29, 0.717) is 17.0 Å². The Morgan fingerprint density at radius 3 is 2.21 bits per heavy atom. The molecule has 3 aromatic carbocycles. The molecule has 0 saturated carbocycles. The SMILES string of the molecule is CCCCCc1ccc(C(=O)CS[C@H]2C(=O)N(c3ccc(F)cc3)[C@@H]2c2ccc(OOC(=O)CC(C)(C)C)cc2)cc1. The monoisotopic (exact) mass is 591 g/mol. The molecule has 0 unspecified atom stereocenters.